The largest absolute Gasteiger partial charge is 0.493 e. The van der Waals surface area contributed by atoms with Gasteiger partial charge in [-0.2, -0.15) is 0 Å². The number of rotatable bonds is 4. The molecule has 1 aliphatic heterocycles. The van der Waals surface area contributed by atoms with Crippen LogP contribution in [0.1, 0.15) is 35.3 Å². The third kappa shape index (κ3) is 3.21. The van der Waals surface area contributed by atoms with Crippen LogP contribution in [0.2, 0.25) is 0 Å². The van der Waals surface area contributed by atoms with Crippen LogP contribution in [0.4, 0.5) is 5.69 Å². The minimum atomic E-state index is -0.0401. The molecule has 3 aromatic carbocycles. The van der Waals surface area contributed by atoms with Crippen molar-refractivity contribution >= 4 is 22.5 Å². The monoisotopic (exact) mass is 426 g/mol. The Kier molecular flexibility index (Phi) is 5.10. The van der Waals surface area contributed by atoms with Crippen molar-refractivity contribution in [3.05, 3.63) is 90.1 Å². The second-order valence-corrected chi connectivity index (χ2v) is 8.19. The molecular formula is C27H26N2O3. The van der Waals surface area contributed by atoms with E-state index in [1.165, 1.54) is 10.9 Å². The van der Waals surface area contributed by atoms with Gasteiger partial charge in [0.2, 0.25) is 0 Å². The van der Waals surface area contributed by atoms with Crippen LogP contribution in [-0.2, 0) is 0 Å². The van der Waals surface area contributed by atoms with Crippen molar-refractivity contribution in [3.8, 4) is 11.5 Å². The van der Waals surface area contributed by atoms with Crippen molar-refractivity contribution < 1.29 is 14.3 Å². The van der Waals surface area contributed by atoms with Gasteiger partial charge in [0, 0.05) is 29.0 Å². The zero-order valence-corrected chi connectivity index (χ0v) is 18.5. The Morgan fingerprint density at radius 1 is 0.906 bits per heavy atom. The van der Waals surface area contributed by atoms with Crippen molar-refractivity contribution in [2.75, 3.05) is 19.1 Å². The smallest absolute Gasteiger partial charge is 0.258 e. The number of nitrogens with zero attached hydrogens (tertiary/aromatic N) is 2. The van der Waals surface area contributed by atoms with Crippen molar-refractivity contribution in [3.63, 3.8) is 0 Å². The summed E-state index contributed by atoms with van der Waals surface area (Å²) in [6, 6.07) is 24.3. The lowest BCUT2D eigenvalue weighted by molar-refractivity contribution is 0.0972. The van der Waals surface area contributed by atoms with Gasteiger partial charge < -0.3 is 18.9 Å². The Hall–Kier alpha value is -3.73. The summed E-state index contributed by atoms with van der Waals surface area (Å²) >= 11 is 0. The zero-order chi connectivity index (χ0) is 22.2. The summed E-state index contributed by atoms with van der Waals surface area (Å²) in [6.45, 7) is 2.12. The van der Waals surface area contributed by atoms with Crippen molar-refractivity contribution in [1.82, 2.24) is 4.57 Å². The summed E-state index contributed by atoms with van der Waals surface area (Å²) in [5.74, 6) is 1.12. The SMILES string of the molecule is COc1ccc(C(=O)N2c3ccccc3C(n3ccc4ccccc43)CC2C)cc1OC. The number of amides is 1. The van der Waals surface area contributed by atoms with Crippen LogP contribution in [-0.4, -0.2) is 30.7 Å². The number of fused-ring (bicyclic) bond motifs is 2. The maximum absolute atomic E-state index is 13.7. The maximum Gasteiger partial charge on any atom is 0.258 e. The fraction of sp³-hybridized carbons (Fsp3) is 0.222. The molecule has 0 aliphatic carbocycles. The highest BCUT2D eigenvalue weighted by Gasteiger charge is 2.35. The molecule has 5 rings (SSSR count). The van der Waals surface area contributed by atoms with E-state index in [-0.39, 0.29) is 18.0 Å². The second kappa shape index (κ2) is 8.08. The van der Waals surface area contributed by atoms with Gasteiger partial charge in [0.1, 0.15) is 0 Å². The van der Waals surface area contributed by atoms with Gasteiger partial charge in [-0.1, -0.05) is 36.4 Å². The molecule has 0 spiro atoms. The summed E-state index contributed by atoms with van der Waals surface area (Å²) in [5.41, 5.74) is 3.89. The molecule has 1 aliphatic rings. The lowest BCUT2D eigenvalue weighted by Crippen LogP contribution is -2.44. The average molecular weight is 427 g/mol. The topological polar surface area (TPSA) is 43.7 Å². The van der Waals surface area contributed by atoms with Gasteiger partial charge in [0.15, 0.2) is 11.5 Å². The quantitative estimate of drug-likeness (QED) is 0.421. The van der Waals surface area contributed by atoms with E-state index in [4.69, 9.17) is 9.47 Å². The Labute approximate surface area is 187 Å². The lowest BCUT2D eigenvalue weighted by Gasteiger charge is -2.40. The average Bonchev–Trinajstić information content (AvgIpc) is 3.26. The van der Waals surface area contributed by atoms with E-state index in [1.54, 1.807) is 32.4 Å². The van der Waals surface area contributed by atoms with Crippen molar-refractivity contribution in [2.45, 2.75) is 25.4 Å². The second-order valence-electron chi connectivity index (χ2n) is 8.19. The number of para-hydroxylation sites is 2. The standard InChI is InChI=1S/C27H26N2O3/c1-18-16-24(28-15-14-19-8-4-6-10-22(19)28)21-9-5-7-11-23(21)29(18)27(30)20-12-13-25(31-2)26(17-20)32-3/h4-15,17-18,24H,16H2,1-3H3. The first kappa shape index (κ1) is 20.2. The van der Waals surface area contributed by atoms with Crippen LogP contribution < -0.4 is 14.4 Å². The van der Waals surface area contributed by atoms with E-state index in [2.05, 4.69) is 54.1 Å². The number of methoxy groups -OCH3 is 2. The molecule has 0 saturated carbocycles. The van der Waals surface area contributed by atoms with Gasteiger partial charge in [-0.05, 0) is 60.7 Å². The molecule has 162 valence electrons. The van der Waals surface area contributed by atoms with Crippen LogP contribution in [0.15, 0.2) is 79.0 Å². The highest BCUT2D eigenvalue weighted by atomic mass is 16.5. The number of aromatic nitrogens is 1. The van der Waals surface area contributed by atoms with E-state index in [1.807, 2.05) is 23.1 Å². The molecule has 0 N–H and O–H groups in total. The normalized spacial score (nSPS) is 17.8. The first-order valence-electron chi connectivity index (χ1n) is 10.8. The maximum atomic E-state index is 13.7. The van der Waals surface area contributed by atoms with Crippen molar-refractivity contribution in [2.24, 2.45) is 0 Å². The molecular weight excluding hydrogens is 400 g/mol. The summed E-state index contributed by atoms with van der Waals surface area (Å²) in [5, 5.41) is 1.22. The lowest BCUT2D eigenvalue weighted by atomic mass is 9.90. The van der Waals surface area contributed by atoms with Crippen LogP contribution in [0.3, 0.4) is 0 Å². The molecule has 5 nitrogen and oxygen atoms in total. The van der Waals surface area contributed by atoms with Gasteiger partial charge in [-0.25, -0.2) is 0 Å². The Balaban J connectivity index is 1.57. The van der Waals surface area contributed by atoms with Crippen LogP contribution in [0.5, 0.6) is 11.5 Å². The molecule has 0 bridgehead atoms. The first-order chi connectivity index (χ1) is 15.6. The zero-order valence-electron chi connectivity index (χ0n) is 18.5. The van der Waals surface area contributed by atoms with Crippen LogP contribution >= 0.6 is 0 Å². The van der Waals surface area contributed by atoms with Crippen LogP contribution in [0.25, 0.3) is 10.9 Å². The van der Waals surface area contributed by atoms with E-state index in [0.717, 1.165) is 17.7 Å². The molecule has 4 aromatic rings. The molecule has 2 heterocycles. The Morgan fingerprint density at radius 3 is 2.47 bits per heavy atom. The summed E-state index contributed by atoms with van der Waals surface area (Å²) in [6.07, 6.45) is 2.99. The third-order valence-corrected chi connectivity index (χ3v) is 6.38. The van der Waals surface area contributed by atoms with E-state index < -0.39 is 0 Å². The third-order valence-electron chi connectivity index (χ3n) is 6.38. The molecule has 0 saturated heterocycles. The molecule has 2 unspecified atom stereocenters. The minimum absolute atomic E-state index is 0.0247. The molecule has 1 aromatic heterocycles. The molecule has 1 amide bonds. The van der Waals surface area contributed by atoms with Gasteiger partial charge in [-0.3, -0.25) is 4.79 Å². The Morgan fingerprint density at radius 2 is 1.66 bits per heavy atom. The first-order valence-corrected chi connectivity index (χ1v) is 10.8. The number of benzene rings is 3. The number of carbonyl (C=O) groups excluding carboxylic acids is 1. The van der Waals surface area contributed by atoms with E-state index >= 15 is 0 Å². The highest BCUT2D eigenvalue weighted by molar-refractivity contribution is 6.07. The summed E-state index contributed by atoms with van der Waals surface area (Å²) in [7, 11) is 3.17. The Bertz CT molecular complexity index is 1290. The molecule has 0 radical (unpaired) electrons. The van der Waals surface area contributed by atoms with E-state index in [9.17, 15) is 4.79 Å². The number of hydrogen-bond donors (Lipinski definition) is 0. The molecule has 2 atom stereocenters. The summed E-state index contributed by atoms with van der Waals surface area (Å²) < 4.78 is 13.1. The van der Waals surface area contributed by atoms with Gasteiger partial charge in [0.25, 0.3) is 5.91 Å². The van der Waals surface area contributed by atoms with Gasteiger partial charge in [0.05, 0.1) is 20.3 Å². The molecule has 5 heteroatoms. The number of ether oxygens (including phenoxy) is 2. The predicted molar refractivity (Wildman–Crippen MR) is 127 cm³/mol. The minimum Gasteiger partial charge on any atom is -0.493 e. The number of carbonyl (C=O) groups is 1. The van der Waals surface area contributed by atoms with Gasteiger partial charge >= 0.3 is 0 Å². The summed E-state index contributed by atoms with van der Waals surface area (Å²) in [4.78, 5) is 15.6. The number of hydrogen-bond acceptors (Lipinski definition) is 3. The van der Waals surface area contributed by atoms with E-state index in [0.29, 0.717) is 17.1 Å². The predicted octanol–water partition coefficient (Wildman–Crippen LogP) is 5.69. The number of anilines is 1. The fourth-order valence-electron chi connectivity index (χ4n) is 4.84. The fourth-order valence-corrected chi connectivity index (χ4v) is 4.84. The van der Waals surface area contributed by atoms with Crippen LogP contribution in [0, 0.1) is 0 Å². The van der Waals surface area contributed by atoms with Gasteiger partial charge in [-0.15, -0.1) is 0 Å². The molecule has 0 fully saturated rings. The highest BCUT2D eigenvalue weighted by Crippen LogP contribution is 2.41. The molecule has 32 heavy (non-hydrogen) atoms. The van der Waals surface area contributed by atoms with Crippen molar-refractivity contribution in [1.29, 1.82) is 0 Å².